The van der Waals surface area contributed by atoms with E-state index in [9.17, 15) is 10.1 Å². The van der Waals surface area contributed by atoms with Crippen LogP contribution in [0.1, 0.15) is 11.1 Å². The number of halogens is 1. The van der Waals surface area contributed by atoms with Crippen LogP contribution in [0.4, 0.5) is 5.69 Å². The van der Waals surface area contributed by atoms with Gasteiger partial charge in [0, 0.05) is 16.6 Å². The summed E-state index contributed by atoms with van der Waals surface area (Å²) in [6, 6.07) is 14.3. The number of nitro benzene ring substituents is 1. The summed E-state index contributed by atoms with van der Waals surface area (Å²) in [6.45, 7) is 0. The molecule has 4 heteroatoms. The number of nitro groups is 1. The SMILES string of the molecule is O=[N+]([O-])c1cccc(C=C[C]=Cc2cccc(Br)c2)c1. The molecule has 0 aliphatic heterocycles. The van der Waals surface area contributed by atoms with Crippen molar-refractivity contribution in [3.8, 4) is 0 Å². The van der Waals surface area contributed by atoms with Crippen LogP contribution in [0.15, 0.2) is 59.1 Å². The predicted molar refractivity (Wildman–Crippen MR) is 84.0 cm³/mol. The minimum atomic E-state index is -0.404. The van der Waals surface area contributed by atoms with Gasteiger partial charge in [0.2, 0.25) is 0 Å². The zero-order chi connectivity index (χ0) is 14.4. The summed E-state index contributed by atoms with van der Waals surface area (Å²) in [5, 5.41) is 10.7. The van der Waals surface area contributed by atoms with Crippen LogP contribution in [0.5, 0.6) is 0 Å². The Balaban J connectivity index is 2.06. The number of rotatable bonds is 4. The van der Waals surface area contributed by atoms with E-state index in [1.807, 2.05) is 36.4 Å². The van der Waals surface area contributed by atoms with E-state index in [-0.39, 0.29) is 5.69 Å². The van der Waals surface area contributed by atoms with E-state index in [0.29, 0.717) is 0 Å². The van der Waals surface area contributed by atoms with Crippen molar-refractivity contribution in [2.75, 3.05) is 0 Å². The van der Waals surface area contributed by atoms with Gasteiger partial charge in [-0.15, -0.1) is 0 Å². The first kappa shape index (κ1) is 14.2. The van der Waals surface area contributed by atoms with E-state index in [2.05, 4.69) is 22.0 Å². The average molecular weight is 329 g/mol. The first-order valence-corrected chi connectivity index (χ1v) is 6.70. The summed E-state index contributed by atoms with van der Waals surface area (Å²) in [5.41, 5.74) is 1.89. The lowest BCUT2D eigenvalue weighted by Gasteiger charge is -1.94. The number of hydrogen-bond donors (Lipinski definition) is 0. The second-order valence-electron chi connectivity index (χ2n) is 4.05. The minimum absolute atomic E-state index is 0.0862. The van der Waals surface area contributed by atoms with Crippen LogP contribution in [0, 0.1) is 16.2 Å². The van der Waals surface area contributed by atoms with Gasteiger partial charge >= 0.3 is 0 Å². The second kappa shape index (κ2) is 6.82. The molecule has 0 fully saturated rings. The third-order valence-electron chi connectivity index (χ3n) is 2.55. The van der Waals surface area contributed by atoms with Crippen molar-refractivity contribution in [2.45, 2.75) is 0 Å². The Hall–Kier alpha value is -2.20. The van der Waals surface area contributed by atoms with E-state index in [0.717, 1.165) is 15.6 Å². The molecule has 1 radical (unpaired) electrons. The number of benzene rings is 2. The van der Waals surface area contributed by atoms with Crippen LogP contribution in [0.25, 0.3) is 12.2 Å². The Bertz CT molecular complexity index is 678. The maximum atomic E-state index is 10.7. The van der Waals surface area contributed by atoms with Gasteiger partial charge in [0.25, 0.3) is 5.69 Å². The fraction of sp³-hybridized carbons (Fsp3) is 0. The fourth-order valence-corrected chi connectivity index (χ4v) is 2.04. The normalized spacial score (nSPS) is 11.2. The van der Waals surface area contributed by atoms with Crippen molar-refractivity contribution in [2.24, 2.45) is 0 Å². The van der Waals surface area contributed by atoms with Crippen LogP contribution in [0.3, 0.4) is 0 Å². The molecule has 0 aliphatic rings. The standard InChI is InChI=1S/C16H11BrNO2/c17-15-9-3-7-13(11-15)5-1-2-6-14-8-4-10-16(12-14)18(19)20/h2-12H. The topological polar surface area (TPSA) is 43.1 Å². The molecule has 0 unspecified atom stereocenters. The molecule has 3 nitrogen and oxygen atoms in total. The van der Waals surface area contributed by atoms with Gasteiger partial charge in [-0.05, 0) is 35.4 Å². The van der Waals surface area contributed by atoms with Crippen LogP contribution in [0.2, 0.25) is 0 Å². The Labute approximate surface area is 125 Å². The largest absolute Gasteiger partial charge is 0.270 e. The maximum absolute atomic E-state index is 10.7. The predicted octanol–water partition coefficient (Wildman–Crippen LogP) is 4.89. The van der Waals surface area contributed by atoms with Gasteiger partial charge in [-0.3, -0.25) is 10.1 Å². The molecule has 99 valence electrons. The van der Waals surface area contributed by atoms with Crippen LogP contribution >= 0.6 is 15.9 Å². The summed E-state index contributed by atoms with van der Waals surface area (Å²) < 4.78 is 1.01. The summed E-state index contributed by atoms with van der Waals surface area (Å²) in [4.78, 5) is 10.3. The molecule has 0 saturated carbocycles. The lowest BCUT2D eigenvalue weighted by molar-refractivity contribution is -0.384. The van der Waals surface area contributed by atoms with E-state index in [1.165, 1.54) is 12.1 Å². The van der Waals surface area contributed by atoms with E-state index in [1.54, 1.807) is 18.2 Å². The monoisotopic (exact) mass is 328 g/mol. The molecule has 0 bridgehead atoms. The summed E-state index contributed by atoms with van der Waals surface area (Å²) in [6.07, 6.45) is 8.39. The van der Waals surface area contributed by atoms with Crippen LogP contribution in [-0.2, 0) is 0 Å². The molecule has 0 aliphatic carbocycles. The molecular formula is C16H11BrNO2. The lowest BCUT2D eigenvalue weighted by atomic mass is 10.1. The quantitative estimate of drug-likeness (QED) is 0.455. The maximum Gasteiger partial charge on any atom is 0.270 e. The minimum Gasteiger partial charge on any atom is -0.258 e. The number of non-ortho nitro benzene ring substituents is 1. The molecule has 0 aromatic heterocycles. The lowest BCUT2D eigenvalue weighted by Crippen LogP contribution is -1.87. The third-order valence-corrected chi connectivity index (χ3v) is 3.04. The Morgan fingerprint density at radius 2 is 1.85 bits per heavy atom. The summed E-state index contributed by atoms with van der Waals surface area (Å²) >= 11 is 3.40. The van der Waals surface area contributed by atoms with Gasteiger partial charge in [-0.1, -0.05) is 52.3 Å². The highest BCUT2D eigenvalue weighted by atomic mass is 79.9. The highest BCUT2D eigenvalue weighted by Crippen LogP contribution is 2.15. The van der Waals surface area contributed by atoms with Gasteiger partial charge in [0.15, 0.2) is 0 Å². The molecule has 2 aromatic rings. The van der Waals surface area contributed by atoms with Crippen molar-refractivity contribution in [1.82, 2.24) is 0 Å². The zero-order valence-electron chi connectivity index (χ0n) is 10.5. The second-order valence-corrected chi connectivity index (χ2v) is 4.97. The molecule has 20 heavy (non-hydrogen) atoms. The molecule has 0 atom stereocenters. The number of allylic oxidation sites excluding steroid dienone is 2. The van der Waals surface area contributed by atoms with Crippen molar-refractivity contribution < 1.29 is 4.92 Å². The fourth-order valence-electron chi connectivity index (χ4n) is 1.63. The Kier molecular flexibility index (Phi) is 4.85. The van der Waals surface area contributed by atoms with Crippen molar-refractivity contribution in [3.63, 3.8) is 0 Å². The Morgan fingerprint density at radius 1 is 1.10 bits per heavy atom. The van der Waals surface area contributed by atoms with Gasteiger partial charge in [0.1, 0.15) is 0 Å². The molecule has 2 rings (SSSR count). The first-order valence-electron chi connectivity index (χ1n) is 5.91. The van der Waals surface area contributed by atoms with Crippen LogP contribution in [-0.4, -0.2) is 4.92 Å². The van der Waals surface area contributed by atoms with Gasteiger partial charge < -0.3 is 0 Å². The zero-order valence-corrected chi connectivity index (χ0v) is 12.1. The molecule has 0 amide bonds. The molecular weight excluding hydrogens is 318 g/mol. The average Bonchev–Trinajstić information content (AvgIpc) is 2.44. The highest BCUT2D eigenvalue weighted by Gasteiger charge is 2.02. The van der Waals surface area contributed by atoms with Gasteiger partial charge in [-0.2, -0.15) is 0 Å². The van der Waals surface area contributed by atoms with Crippen LogP contribution < -0.4 is 0 Å². The van der Waals surface area contributed by atoms with E-state index in [4.69, 9.17) is 0 Å². The number of nitrogens with zero attached hydrogens (tertiary/aromatic N) is 1. The van der Waals surface area contributed by atoms with Gasteiger partial charge in [-0.25, -0.2) is 0 Å². The smallest absolute Gasteiger partial charge is 0.258 e. The van der Waals surface area contributed by atoms with E-state index < -0.39 is 4.92 Å². The summed E-state index contributed by atoms with van der Waals surface area (Å²) in [7, 11) is 0. The number of hydrogen-bond acceptors (Lipinski definition) is 2. The molecule has 0 heterocycles. The Morgan fingerprint density at radius 3 is 2.60 bits per heavy atom. The van der Waals surface area contributed by atoms with Crippen molar-refractivity contribution in [1.29, 1.82) is 0 Å². The van der Waals surface area contributed by atoms with Crippen molar-refractivity contribution >= 4 is 33.8 Å². The van der Waals surface area contributed by atoms with Crippen molar-refractivity contribution in [3.05, 3.63) is 86.4 Å². The molecule has 0 N–H and O–H groups in total. The van der Waals surface area contributed by atoms with Gasteiger partial charge in [0.05, 0.1) is 4.92 Å². The summed E-state index contributed by atoms with van der Waals surface area (Å²) in [5.74, 6) is 0. The van der Waals surface area contributed by atoms with E-state index >= 15 is 0 Å². The molecule has 2 aromatic carbocycles. The molecule has 0 spiro atoms. The highest BCUT2D eigenvalue weighted by molar-refractivity contribution is 9.10. The first-order chi connectivity index (χ1) is 9.65. The third kappa shape index (κ3) is 4.17. The molecule has 0 saturated heterocycles.